The van der Waals surface area contributed by atoms with Gasteiger partial charge in [-0.05, 0) is 49.3 Å². The Kier molecular flexibility index (Phi) is 7.82. The van der Waals surface area contributed by atoms with Crippen LogP contribution in [0.25, 0.3) is 10.9 Å². The van der Waals surface area contributed by atoms with Gasteiger partial charge in [-0.2, -0.15) is 5.26 Å². The number of carbonyl (C=O) groups excluding carboxylic acids is 3. The zero-order valence-corrected chi connectivity index (χ0v) is 20.2. The smallest absolute Gasteiger partial charge is 0.268 e. The SMILES string of the molecule is COc1cccc2[nH]c(C(=O)N[C@@H](CC(C)(C)C)C(=O)N[C@H](C#N)C[C@@H]3CCCNC3=O)cc12.[HH]. The van der Waals surface area contributed by atoms with Crippen LogP contribution in [0.3, 0.4) is 0 Å². The van der Waals surface area contributed by atoms with Gasteiger partial charge in [0.2, 0.25) is 11.8 Å². The predicted octanol–water partition coefficient (Wildman–Crippen LogP) is 2.88. The van der Waals surface area contributed by atoms with Crippen LogP contribution in [0.1, 0.15) is 58.4 Å². The van der Waals surface area contributed by atoms with Crippen molar-refractivity contribution in [3.8, 4) is 11.8 Å². The largest absolute Gasteiger partial charge is 0.496 e. The molecule has 3 atom stereocenters. The standard InChI is InChI=1S/C25H33N5O4.H2/c1-25(2,3)13-20(24(33)28-16(14-26)11-15-7-6-10-27-22(15)31)30-23(32)19-12-17-18(29-19)8-5-9-21(17)34-4;/h5,8-9,12,15-16,20,29H,6-7,10-11,13H2,1-4H3,(H,27,31)(H,28,33)(H,30,32);1H/t15-,16-,20-;/m0./s1. The fraction of sp³-hybridized carbons (Fsp3) is 0.520. The van der Waals surface area contributed by atoms with Crippen molar-refractivity contribution in [2.45, 2.75) is 58.5 Å². The number of methoxy groups -OCH3 is 1. The minimum Gasteiger partial charge on any atom is -0.496 e. The van der Waals surface area contributed by atoms with Gasteiger partial charge in [0.1, 0.15) is 23.5 Å². The maximum Gasteiger partial charge on any atom is 0.268 e. The summed E-state index contributed by atoms with van der Waals surface area (Å²) in [6.45, 7) is 6.56. The Morgan fingerprint density at radius 1 is 1.32 bits per heavy atom. The number of hydrogen-bond donors (Lipinski definition) is 4. The number of ether oxygens (including phenoxy) is 1. The van der Waals surface area contributed by atoms with E-state index < -0.39 is 23.9 Å². The van der Waals surface area contributed by atoms with Crippen molar-refractivity contribution in [1.82, 2.24) is 20.9 Å². The summed E-state index contributed by atoms with van der Waals surface area (Å²) < 4.78 is 5.36. The Hall–Kier alpha value is -3.54. The molecule has 0 spiro atoms. The van der Waals surface area contributed by atoms with Gasteiger partial charge < -0.3 is 25.7 Å². The average Bonchev–Trinajstić information content (AvgIpc) is 3.23. The molecule has 1 aromatic carbocycles. The second kappa shape index (κ2) is 10.6. The van der Waals surface area contributed by atoms with Gasteiger partial charge in [-0.1, -0.05) is 26.8 Å². The maximum atomic E-state index is 13.1. The third kappa shape index (κ3) is 6.28. The summed E-state index contributed by atoms with van der Waals surface area (Å²) in [5, 5.41) is 18.7. The lowest BCUT2D eigenvalue weighted by atomic mass is 9.87. The molecule has 4 N–H and O–H groups in total. The first-order chi connectivity index (χ1) is 16.1. The molecule has 0 saturated carbocycles. The number of amides is 3. The summed E-state index contributed by atoms with van der Waals surface area (Å²) in [5.74, 6) is -0.631. The first-order valence-corrected chi connectivity index (χ1v) is 11.6. The number of piperidine rings is 1. The molecule has 3 rings (SSSR count). The highest BCUT2D eigenvalue weighted by Crippen LogP contribution is 2.26. The van der Waals surface area contributed by atoms with Crippen molar-refractivity contribution >= 4 is 28.6 Å². The third-order valence-corrected chi connectivity index (χ3v) is 5.92. The number of nitrogens with one attached hydrogen (secondary N) is 4. The lowest BCUT2D eigenvalue weighted by Crippen LogP contribution is -2.51. The van der Waals surface area contributed by atoms with Crippen LogP contribution in [-0.4, -0.2) is 48.4 Å². The topological polar surface area (TPSA) is 136 Å². The van der Waals surface area contributed by atoms with Crippen LogP contribution < -0.4 is 20.7 Å². The van der Waals surface area contributed by atoms with Crippen LogP contribution in [-0.2, 0) is 9.59 Å². The van der Waals surface area contributed by atoms with Gasteiger partial charge in [-0.25, -0.2) is 0 Å². The Bertz CT molecular complexity index is 1100. The van der Waals surface area contributed by atoms with Gasteiger partial charge in [-0.15, -0.1) is 0 Å². The molecule has 9 nitrogen and oxygen atoms in total. The molecule has 2 aromatic rings. The predicted molar refractivity (Wildman–Crippen MR) is 130 cm³/mol. The lowest BCUT2D eigenvalue weighted by molar-refractivity contribution is -0.128. The summed E-state index contributed by atoms with van der Waals surface area (Å²) in [7, 11) is 1.56. The lowest BCUT2D eigenvalue weighted by Gasteiger charge is -2.28. The second-order valence-corrected chi connectivity index (χ2v) is 9.95. The number of benzene rings is 1. The minimum atomic E-state index is -0.850. The molecule has 2 heterocycles. The van der Waals surface area contributed by atoms with Crippen molar-refractivity contribution in [3.63, 3.8) is 0 Å². The Morgan fingerprint density at radius 3 is 2.74 bits per heavy atom. The number of hydrogen-bond acceptors (Lipinski definition) is 5. The second-order valence-electron chi connectivity index (χ2n) is 9.95. The summed E-state index contributed by atoms with van der Waals surface area (Å²) in [5.41, 5.74) is 0.795. The molecule has 9 heteroatoms. The fourth-order valence-corrected chi connectivity index (χ4v) is 4.25. The molecule has 0 aliphatic carbocycles. The molecule has 3 amide bonds. The molecular formula is C25H35N5O4. The molecule has 1 saturated heterocycles. The van der Waals surface area contributed by atoms with E-state index in [4.69, 9.17) is 4.74 Å². The quantitative estimate of drug-likeness (QED) is 0.471. The normalized spacial score (nSPS) is 17.9. The molecule has 184 valence electrons. The van der Waals surface area contributed by atoms with E-state index in [9.17, 15) is 19.6 Å². The van der Waals surface area contributed by atoms with E-state index in [1.807, 2.05) is 39.0 Å². The molecule has 0 bridgehead atoms. The highest BCUT2D eigenvalue weighted by Gasteiger charge is 2.31. The molecule has 34 heavy (non-hydrogen) atoms. The van der Waals surface area contributed by atoms with Crippen LogP contribution in [0.5, 0.6) is 5.75 Å². The van der Waals surface area contributed by atoms with Crippen molar-refractivity contribution in [2.24, 2.45) is 11.3 Å². The first-order valence-electron chi connectivity index (χ1n) is 11.6. The highest BCUT2D eigenvalue weighted by atomic mass is 16.5. The molecule has 1 fully saturated rings. The van der Waals surface area contributed by atoms with Gasteiger partial charge in [0.15, 0.2) is 0 Å². The molecule has 0 radical (unpaired) electrons. The summed E-state index contributed by atoms with van der Waals surface area (Å²) in [6.07, 6.45) is 2.15. The Labute approximate surface area is 201 Å². The van der Waals surface area contributed by atoms with Crippen molar-refractivity contribution in [1.29, 1.82) is 5.26 Å². The van der Waals surface area contributed by atoms with Gasteiger partial charge >= 0.3 is 0 Å². The van der Waals surface area contributed by atoms with E-state index in [2.05, 4.69) is 27.0 Å². The number of nitrogens with zero attached hydrogens (tertiary/aromatic N) is 1. The molecule has 0 unspecified atom stereocenters. The van der Waals surface area contributed by atoms with Gasteiger partial charge in [-0.3, -0.25) is 14.4 Å². The van der Waals surface area contributed by atoms with Crippen LogP contribution in [0, 0.1) is 22.7 Å². The van der Waals surface area contributed by atoms with E-state index >= 15 is 0 Å². The van der Waals surface area contributed by atoms with Crippen LogP contribution in [0.15, 0.2) is 24.3 Å². The maximum absolute atomic E-state index is 13.1. The third-order valence-electron chi connectivity index (χ3n) is 5.92. The van der Waals surface area contributed by atoms with E-state index in [1.165, 1.54) is 0 Å². The zero-order valence-electron chi connectivity index (χ0n) is 20.2. The van der Waals surface area contributed by atoms with Crippen LogP contribution in [0.2, 0.25) is 0 Å². The zero-order chi connectivity index (χ0) is 24.9. The highest BCUT2D eigenvalue weighted by molar-refractivity contribution is 6.01. The number of rotatable bonds is 8. The van der Waals surface area contributed by atoms with E-state index in [1.54, 1.807) is 13.2 Å². The van der Waals surface area contributed by atoms with Crippen LogP contribution >= 0.6 is 0 Å². The Morgan fingerprint density at radius 2 is 2.09 bits per heavy atom. The number of carbonyl (C=O) groups is 3. The van der Waals surface area contributed by atoms with Crippen molar-refractivity contribution < 1.29 is 20.5 Å². The fourth-order valence-electron chi connectivity index (χ4n) is 4.25. The summed E-state index contributed by atoms with van der Waals surface area (Å²) >= 11 is 0. The van der Waals surface area contributed by atoms with Gasteiger partial charge in [0.25, 0.3) is 5.91 Å². The summed E-state index contributed by atoms with van der Waals surface area (Å²) in [4.78, 5) is 41.3. The van der Waals surface area contributed by atoms with E-state index in [0.29, 0.717) is 30.8 Å². The monoisotopic (exact) mass is 469 g/mol. The molecule has 1 aliphatic rings. The number of H-pyrrole nitrogens is 1. The molecule has 1 aromatic heterocycles. The molecule has 1 aliphatic heterocycles. The Balaban J connectivity index is 0.00000432. The number of nitriles is 1. The molecular weight excluding hydrogens is 434 g/mol. The average molecular weight is 470 g/mol. The van der Waals surface area contributed by atoms with Gasteiger partial charge in [0, 0.05) is 24.8 Å². The van der Waals surface area contributed by atoms with E-state index in [0.717, 1.165) is 17.3 Å². The first kappa shape index (κ1) is 25.1. The van der Waals surface area contributed by atoms with Gasteiger partial charge in [0.05, 0.1) is 13.2 Å². The number of aromatic nitrogens is 1. The number of fused-ring (bicyclic) bond motifs is 1. The minimum absolute atomic E-state index is 0. The van der Waals surface area contributed by atoms with Crippen molar-refractivity contribution in [2.75, 3.05) is 13.7 Å². The summed E-state index contributed by atoms with van der Waals surface area (Å²) in [6, 6.07) is 7.58. The van der Waals surface area contributed by atoms with Crippen LogP contribution in [0.4, 0.5) is 0 Å². The van der Waals surface area contributed by atoms with Crippen molar-refractivity contribution in [3.05, 3.63) is 30.0 Å². The van der Waals surface area contributed by atoms with E-state index in [-0.39, 0.29) is 25.1 Å². The number of aromatic amines is 1.